The Balaban J connectivity index is 0. The van der Waals surface area contributed by atoms with Crippen LogP contribution in [0.1, 0.15) is 13.3 Å². The van der Waals surface area contributed by atoms with Crippen molar-refractivity contribution in [3.63, 3.8) is 0 Å². The molecule has 0 aliphatic heterocycles. The molecule has 0 fully saturated rings. The van der Waals surface area contributed by atoms with Crippen LogP contribution in [0.2, 0.25) is 0 Å². The number of rotatable bonds is 11. The molecule has 0 aromatic rings. The average Bonchev–Trinajstić information content (AvgIpc) is 2.48. The number of aliphatic carboxylic acids is 3. The maximum atomic E-state index is 11.0. The van der Waals surface area contributed by atoms with Crippen molar-refractivity contribution in [3.8, 4) is 0 Å². The first-order valence-electron chi connectivity index (χ1n) is 6.60. The second-order valence-corrected chi connectivity index (χ2v) is 7.71. The number of aliphatic hydroxyl groups is 1. The zero-order valence-electron chi connectivity index (χ0n) is 13.8. The molecule has 0 aliphatic carbocycles. The van der Waals surface area contributed by atoms with Gasteiger partial charge in [0.15, 0.2) is 0 Å². The number of carboxylic acid groups (broad SMARTS) is 3. The summed E-state index contributed by atoms with van der Waals surface area (Å²) in [4.78, 5) is 66.5. The van der Waals surface area contributed by atoms with E-state index in [4.69, 9.17) is 40.0 Å². The summed E-state index contributed by atoms with van der Waals surface area (Å²) >= 11 is 0. The Morgan fingerprint density at radius 3 is 1.39 bits per heavy atom. The molecule has 162 valence electrons. The minimum atomic E-state index is -5.20. The van der Waals surface area contributed by atoms with Crippen LogP contribution in [0.4, 0.5) is 0 Å². The topological polar surface area (TPSA) is 283 Å². The van der Waals surface area contributed by atoms with E-state index in [1.165, 1.54) is 0 Å². The van der Waals surface area contributed by atoms with E-state index in [1.54, 1.807) is 0 Å². The third-order valence-electron chi connectivity index (χ3n) is 2.87. The van der Waals surface area contributed by atoms with E-state index in [0.29, 0.717) is 0 Å². The first-order chi connectivity index (χ1) is 12.6. The summed E-state index contributed by atoms with van der Waals surface area (Å²) in [6.45, 7) is 0.316. The maximum absolute atomic E-state index is 11.0. The number of aliphatic hydroxyl groups excluding tert-OH is 1. The van der Waals surface area contributed by atoms with Gasteiger partial charge in [-0.3, -0.25) is 18.9 Å². The molecule has 0 spiro atoms. The largest absolute Gasteiger partial charge is 0.697 e. The second kappa shape index (κ2) is 12.2. The molecule has 16 nitrogen and oxygen atoms in total. The predicted molar refractivity (Wildman–Crippen MR) is 84.2 cm³/mol. The van der Waals surface area contributed by atoms with Gasteiger partial charge in [-0.25, -0.2) is 0 Å². The Bertz CT molecular complexity index is 602. The highest BCUT2D eigenvalue weighted by Crippen LogP contribution is 2.52. The Morgan fingerprint density at radius 1 is 0.964 bits per heavy atom. The first kappa shape index (κ1) is 28.8. The summed E-state index contributed by atoms with van der Waals surface area (Å²) in [7, 11) is -11.1. The van der Waals surface area contributed by atoms with Crippen LogP contribution < -0.4 is 0 Å². The molecule has 0 rings (SSSR count). The zero-order chi connectivity index (χ0) is 22.9. The van der Waals surface area contributed by atoms with Gasteiger partial charge in [0.25, 0.3) is 11.7 Å². The van der Waals surface area contributed by atoms with E-state index in [1.807, 2.05) is 0 Å². The molecule has 0 saturated heterocycles. The van der Waals surface area contributed by atoms with Gasteiger partial charge in [-0.2, -0.15) is 0 Å². The van der Waals surface area contributed by atoms with Gasteiger partial charge in [0.1, 0.15) is 6.61 Å². The smallest absolute Gasteiger partial charge is 0.480 e. The highest BCUT2D eigenvalue weighted by atomic mass is 31.2. The lowest BCUT2D eigenvalue weighted by Crippen LogP contribution is -2.54. The van der Waals surface area contributed by atoms with Gasteiger partial charge in [0, 0.05) is 9.13 Å². The van der Waals surface area contributed by atoms with E-state index in [0.717, 1.165) is 6.92 Å². The fourth-order valence-electron chi connectivity index (χ4n) is 1.79. The number of hydrogen-bond acceptors (Lipinski definition) is 9. The Kier molecular flexibility index (Phi) is 12.5. The summed E-state index contributed by atoms with van der Waals surface area (Å²) in [6, 6.07) is 0. The van der Waals surface area contributed by atoms with Crippen LogP contribution in [-0.2, 0) is 37.1 Å². The monoisotopic (exact) mass is 474 g/mol. The van der Waals surface area contributed by atoms with Crippen molar-refractivity contribution in [2.24, 2.45) is 5.41 Å². The van der Waals surface area contributed by atoms with Crippen LogP contribution in [0.15, 0.2) is 0 Å². The van der Waals surface area contributed by atoms with Crippen LogP contribution in [0, 0.1) is 5.41 Å². The van der Waals surface area contributed by atoms with Crippen molar-refractivity contribution < 1.29 is 77.1 Å². The van der Waals surface area contributed by atoms with Crippen molar-refractivity contribution in [2.75, 3.05) is 6.61 Å². The molecule has 8 N–H and O–H groups in total. The number of carbonyl (C=O) groups is 3. The molecule has 0 bridgehead atoms. The fourth-order valence-corrected chi connectivity index (χ4v) is 3.79. The average molecular weight is 474 g/mol. The SMILES string of the molecule is CCC(C(C(=O)O)(C(=O)O)C(=O)O)P(=O)(O)O.O=[P+](O)OC(CO)O[P+](=O)O. The predicted octanol–water partition coefficient (Wildman–Crippen LogP) is -1.18. The van der Waals surface area contributed by atoms with Gasteiger partial charge in [0.05, 0.1) is 5.66 Å². The van der Waals surface area contributed by atoms with Gasteiger partial charge in [0.2, 0.25) is 0 Å². The van der Waals surface area contributed by atoms with E-state index in [-0.39, 0.29) is 0 Å². The minimum Gasteiger partial charge on any atom is -0.480 e. The molecule has 0 aliphatic rings. The summed E-state index contributed by atoms with van der Waals surface area (Å²) < 4.78 is 38.8. The second-order valence-electron chi connectivity index (χ2n) is 4.54. The quantitative estimate of drug-likeness (QED) is 0.0993. The van der Waals surface area contributed by atoms with E-state index in [9.17, 15) is 28.1 Å². The molecule has 3 atom stereocenters. The molecule has 0 heterocycles. The third kappa shape index (κ3) is 8.29. The zero-order valence-corrected chi connectivity index (χ0v) is 16.4. The van der Waals surface area contributed by atoms with E-state index >= 15 is 0 Å². The van der Waals surface area contributed by atoms with Gasteiger partial charge in [-0.1, -0.05) is 16.0 Å². The van der Waals surface area contributed by atoms with Crippen molar-refractivity contribution in [1.29, 1.82) is 0 Å². The molecule has 0 amide bonds. The molecule has 28 heavy (non-hydrogen) atoms. The highest BCUT2D eigenvalue weighted by Gasteiger charge is 2.64. The van der Waals surface area contributed by atoms with Gasteiger partial charge in [-0.15, -0.1) is 9.79 Å². The van der Waals surface area contributed by atoms with E-state index < -0.39 is 72.4 Å². The third-order valence-corrected chi connectivity index (χ3v) is 5.26. The standard InChI is InChI=1S/C7H11O9P.C2H4O7P2/c1-2-3(17(14,15)16)7(4(8)9,5(10)11)6(12)13;3-1-2(8-10(4)5)9-11(6)7/h3H,2H2,1H3,(H,8,9)(H,10,11)(H,12,13)(H2,14,15,16);2-3H,1H2/p+2. The summed E-state index contributed by atoms with van der Waals surface area (Å²) in [5, 5.41) is 34.5. The molecule has 3 unspecified atom stereocenters. The van der Waals surface area contributed by atoms with Crippen LogP contribution in [0.25, 0.3) is 0 Å². The fraction of sp³-hybridized carbons (Fsp3) is 0.667. The normalized spacial score (nSPS) is 14.8. The number of hydrogen-bond donors (Lipinski definition) is 8. The molecule has 0 aromatic heterocycles. The Labute approximate surface area is 157 Å². The lowest BCUT2D eigenvalue weighted by Gasteiger charge is -2.29. The van der Waals surface area contributed by atoms with Gasteiger partial charge in [-0.05, 0) is 6.42 Å². The van der Waals surface area contributed by atoms with Crippen molar-refractivity contribution in [3.05, 3.63) is 0 Å². The molecular weight excluding hydrogens is 457 g/mol. The minimum absolute atomic E-state index is 0.616. The lowest BCUT2D eigenvalue weighted by atomic mass is 9.83. The van der Waals surface area contributed by atoms with Crippen molar-refractivity contribution in [1.82, 2.24) is 0 Å². The van der Waals surface area contributed by atoms with Gasteiger partial charge < -0.3 is 30.2 Å². The van der Waals surface area contributed by atoms with Crippen LogP contribution in [0.3, 0.4) is 0 Å². The van der Waals surface area contributed by atoms with Crippen LogP contribution in [-0.4, -0.2) is 76.5 Å². The van der Waals surface area contributed by atoms with Gasteiger partial charge >= 0.3 is 42.0 Å². The van der Waals surface area contributed by atoms with Crippen LogP contribution in [0.5, 0.6) is 0 Å². The first-order valence-corrected chi connectivity index (χ1v) is 10.5. The molecule has 19 heteroatoms. The Hall–Kier alpha value is -1.44. The van der Waals surface area contributed by atoms with Crippen LogP contribution >= 0.6 is 24.1 Å². The maximum Gasteiger partial charge on any atom is 0.697 e. The Morgan fingerprint density at radius 2 is 1.29 bits per heavy atom. The van der Waals surface area contributed by atoms with Crippen molar-refractivity contribution in [2.45, 2.75) is 25.3 Å². The molecule has 0 saturated carbocycles. The molecule has 0 aromatic carbocycles. The van der Waals surface area contributed by atoms with E-state index in [2.05, 4.69) is 9.05 Å². The molecular formula is C9H17O16P3+2. The summed E-state index contributed by atoms with van der Waals surface area (Å²) in [5.41, 5.74) is -5.91. The molecule has 0 radical (unpaired) electrons. The summed E-state index contributed by atoms with van der Waals surface area (Å²) in [5.74, 6) is -6.98. The lowest BCUT2D eigenvalue weighted by molar-refractivity contribution is -0.176. The number of carboxylic acids is 3. The van der Waals surface area contributed by atoms with Crippen molar-refractivity contribution >= 4 is 42.0 Å². The highest BCUT2D eigenvalue weighted by molar-refractivity contribution is 7.52. The summed E-state index contributed by atoms with van der Waals surface area (Å²) in [6.07, 6.45) is -2.16.